The Morgan fingerprint density at radius 3 is 1.94 bits per heavy atom. The van der Waals surface area contributed by atoms with E-state index in [-0.39, 0.29) is 103 Å². The summed E-state index contributed by atoms with van der Waals surface area (Å²) in [6.07, 6.45) is 0. The van der Waals surface area contributed by atoms with Crippen LogP contribution in [0.3, 0.4) is 0 Å². The van der Waals surface area contributed by atoms with Crippen molar-refractivity contribution in [2.75, 3.05) is 0 Å². The Morgan fingerprint density at radius 1 is 1.06 bits per heavy atom. The zero-order chi connectivity index (χ0) is 12.6. The summed E-state index contributed by atoms with van der Waals surface area (Å²) in [4.78, 5) is -2.36. The van der Waals surface area contributed by atoms with Gasteiger partial charge < -0.3 is 19.3 Å². The van der Waals surface area contributed by atoms with Crippen molar-refractivity contribution in [1.82, 2.24) is 0 Å². The number of phenols is 1. The molecule has 0 fully saturated rings. The second-order valence-corrected chi connectivity index (χ2v) is 5.44. The summed E-state index contributed by atoms with van der Waals surface area (Å²) in [7, 11) is -10.0. The van der Waals surface area contributed by atoms with Crippen molar-refractivity contribution in [2.45, 2.75) is 9.79 Å². The molecule has 0 aliphatic carbocycles. The van der Waals surface area contributed by atoms with E-state index in [4.69, 9.17) is 5.11 Å². The largest absolute Gasteiger partial charge is 1.00 e. The number of benzene rings is 1. The molecule has 0 spiro atoms. The fraction of sp³-hybridized carbons (Fsp3) is 0. The van der Waals surface area contributed by atoms with Gasteiger partial charge in [-0.3, -0.25) is 0 Å². The minimum atomic E-state index is -5.16. The maximum Gasteiger partial charge on any atom is 1.00 e. The summed E-state index contributed by atoms with van der Waals surface area (Å²) in [5.41, 5.74) is 0. The molecular weight excluding hydrogens is 342 g/mol. The first-order valence-corrected chi connectivity index (χ1v) is 6.35. The fourth-order valence-corrected chi connectivity index (χ4v) is 2.74. The van der Waals surface area contributed by atoms with Crippen LogP contribution in [0.25, 0.3) is 0 Å². The predicted octanol–water partition coefficient (Wildman–Crippen LogP) is -7.72. The van der Waals surface area contributed by atoms with E-state index in [2.05, 4.69) is 4.33 Å². The van der Waals surface area contributed by atoms with Crippen LogP contribution in [0.4, 0.5) is 0 Å². The summed E-state index contributed by atoms with van der Waals surface area (Å²) >= 11 is 0. The average molecular weight is 346 g/mol. The van der Waals surface area contributed by atoms with E-state index in [1.165, 1.54) is 0 Å². The van der Waals surface area contributed by atoms with Gasteiger partial charge in [0.1, 0.15) is 20.8 Å². The van der Waals surface area contributed by atoms with Crippen LogP contribution in [-0.2, 0) is 24.6 Å². The minimum absolute atomic E-state index is 0. The van der Waals surface area contributed by atoms with Crippen LogP contribution in [0.15, 0.2) is 28.0 Å². The Bertz CT molecular complexity index is 608. The minimum Gasteiger partial charge on any atom is -0.744 e. The van der Waals surface area contributed by atoms with Gasteiger partial charge in [0.05, 0.1) is 4.90 Å². The normalized spacial score (nSPS) is 11.2. The van der Waals surface area contributed by atoms with E-state index in [9.17, 15) is 26.6 Å². The first-order chi connectivity index (χ1) is 7.18. The Labute approximate surface area is 188 Å². The SMILES string of the molecule is O=S(=O)([O-])c1cc(O)ccc1S(=O)(=O)O[O-].[K+].[K+]. The molecule has 0 aliphatic rings. The Balaban J connectivity index is 0. The molecule has 0 unspecified atom stereocenters. The van der Waals surface area contributed by atoms with Crippen LogP contribution in [0, 0.1) is 0 Å². The van der Waals surface area contributed by atoms with E-state index in [1.807, 2.05) is 0 Å². The Kier molecular flexibility index (Phi) is 10.6. The second-order valence-electron chi connectivity index (χ2n) is 2.61. The van der Waals surface area contributed by atoms with Crippen molar-refractivity contribution in [3.05, 3.63) is 18.2 Å². The van der Waals surface area contributed by atoms with Gasteiger partial charge in [0.25, 0.3) is 10.1 Å². The second kappa shape index (κ2) is 8.50. The standard InChI is InChI=1S/C6H6O8S2.2K/c7-4-1-2-5(16(12,13)14-8)6(3-4)15(9,10)11;;/h1-3,7-8H,(H,9,10,11);;/q;2*+1/p-2. The molecule has 8 nitrogen and oxygen atoms in total. The average Bonchev–Trinajstić information content (AvgIpc) is 2.16. The van der Waals surface area contributed by atoms with E-state index in [1.54, 1.807) is 0 Å². The van der Waals surface area contributed by atoms with E-state index in [0.29, 0.717) is 12.1 Å². The van der Waals surface area contributed by atoms with Crippen LogP contribution in [0.5, 0.6) is 5.75 Å². The molecule has 12 heteroatoms. The van der Waals surface area contributed by atoms with Crippen LogP contribution in [0.2, 0.25) is 0 Å². The molecule has 0 saturated heterocycles. The summed E-state index contributed by atoms with van der Waals surface area (Å²) in [5, 5.41) is 18.8. The molecule has 1 N–H and O–H groups in total. The van der Waals surface area contributed by atoms with Gasteiger partial charge in [0, 0.05) is 0 Å². The van der Waals surface area contributed by atoms with Gasteiger partial charge >= 0.3 is 103 Å². The summed E-state index contributed by atoms with van der Waals surface area (Å²) in [6.45, 7) is 0. The molecular formula is C6H4K2O8S2. The van der Waals surface area contributed by atoms with Gasteiger partial charge in [0.2, 0.25) is 0 Å². The number of hydrogen-bond donors (Lipinski definition) is 1. The fourth-order valence-electron chi connectivity index (χ4n) is 0.935. The molecule has 90 valence electrons. The van der Waals surface area contributed by atoms with Gasteiger partial charge in [-0.05, 0) is 18.2 Å². The molecule has 0 aromatic heterocycles. The Hall–Kier alpha value is 2.07. The van der Waals surface area contributed by atoms with Gasteiger partial charge in [-0.25, -0.2) is 8.42 Å². The summed E-state index contributed by atoms with van der Waals surface area (Å²) in [5.74, 6) is -0.640. The van der Waals surface area contributed by atoms with Crippen molar-refractivity contribution < 1.29 is 139 Å². The summed E-state index contributed by atoms with van der Waals surface area (Å²) in [6, 6.07) is 1.78. The quantitative estimate of drug-likeness (QED) is 0.246. The number of aromatic hydroxyl groups is 1. The molecule has 0 saturated carbocycles. The third-order valence-corrected chi connectivity index (χ3v) is 3.64. The maximum atomic E-state index is 11.0. The molecule has 0 heterocycles. The molecule has 0 radical (unpaired) electrons. The van der Waals surface area contributed by atoms with Crippen LogP contribution >= 0.6 is 0 Å². The first-order valence-electron chi connectivity index (χ1n) is 3.54. The van der Waals surface area contributed by atoms with Crippen molar-refractivity contribution in [3.63, 3.8) is 0 Å². The van der Waals surface area contributed by atoms with E-state index < -0.39 is 35.8 Å². The molecule has 0 atom stereocenters. The van der Waals surface area contributed by atoms with Gasteiger partial charge in [-0.15, -0.1) is 0 Å². The van der Waals surface area contributed by atoms with Crippen molar-refractivity contribution in [3.8, 4) is 5.75 Å². The molecule has 0 aliphatic heterocycles. The topological polar surface area (TPSA) is 144 Å². The number of phenolic OH excluding ortho intramolecular Hbond substituents is 1. The van der Waals surface area contributed by atoms with E-state index in [0.717, 1.165) is 6.07 Å². The van der Waals surface area contributed by atoms with Gasteiger partial charge in [0.15, 0.2) is 0 Å². The molecule has 1 rings (SSSR count). The smallest absolute Gasteiger partial charge is 0.744 e. The van der Waals surface area contributed by atoms with Crippen molar-refractivity contribution in [2.24, 2.45) is 0 Å². The van der Waals surface area contributed by atoms with Crippen LogP contribution < -0.4 is 108 Å². The molecule has 1 aromatic rings. The van der Waals surface area contributed by atoms with Crippen LogP contribution in [0.1, 0.15) is 0 Å². The monoisotopic (exact) mass is 346 g/mol. The van der Waals surface area contributed by atoms with Gasteiger partial charge in [-0.2, -0.15) is 8.42 Å². The third-order valence-electron chi connectivity index (χ3n) is 1.56. The van der Waals surface area contributed by atoms with E-state index >= 15 is 0 Å². The Morgan fingerprint density at radius 2 is 1.56 bits per heavy atom. The molecule has 18 heavy (non-hydrogen) atoms. The molecule has 0 bridgehead atoms. The van der Waals surface area contributed by atoms with Crippen molar-refractivity contribution >= 4 is 20.2 Å². The van der Waals surface area contributed by atoms with Crippen molar-refractivity contribution in [1.29, 1.82) is 0 Å². The predicted molar refractivity (Wildman–Crippen MR) is 44.3 cm³/mol. The van der Waals surface area contributed by atoms with Gasteiger partial charge in [-0.1, -0.05) is 0 Å². The number of hydrogen-bond acceptors (Lipinski definition) is 8. The molecule has 1 aromatic carbocycles. The maximum absolute atomic E-state index is 11.0. The molecule has 0 amide bonds. The zero-order valence-corrected chi connectivity index (χ0v) is 17.2. The summed E-state index contributed by atoms with van der Waals surface area (Å²) < 4.78 is 56.8. The third kappa shape index (κ3) is 5.82. The number of rotatable bonds is 3. The zero-order valence-electron chi connectivity index (χ0n) is 9.35. The first kappa shape index (κ1) is 22.4. The van der Waals surface area contributed by atoms with Crippen LogP contribution in [-0.4, -0.2) is 26.5 Å².